The Kier molecular flexibility index (Phi) is 9.08. The van der Waals surface area contributed by atoms with Crippen molar-refractivity contribution in [2.75, 3.05) is 13.2 Å². The first-order chi connectivity index (χ1) is 11.0. The van der Waals surface area contributed by atoms with Crippen LogP contribution in [0.1, 0.15) is 43.5 Å². The Morgan fingerprint density at radius 2 is 1.61 bits per heavy atom. The van der Waals surface area contributed by atoms with E-state index < -0.39 is 31.8 Å². The number of aromatic hydroxyl groups is 1. The standard InChI is InChI=1S/C16H28N2O5/c1-2-3-4-5-11-6-7-13(21)12(8-11)16(17-14(22)9-19)18-15(23)10-20/h6-8,14-23H,2-5,9-10H2,1H3. The zero-order valence-corrected chi connectivity index (χ0v) is 13.4. The van der Waals surface area contributed by atoms with E-state index in [0.717, 1.165) is 31.2 Å². The van der Waals surface area contributed by atoms with Crippen LogP contribution in [0.4, 0.5) is 0 Å². The number of phenols is 1. The third kappa shape index (κ3) is 6.82. The van der Waals surface area contributed by atoms with Crippen molar-refractivity contribution in [2.45, 2.75) is 51.2 Å². The molecule has 132 valence electrons. The first kappa shape index (κ1) is 19.8. The lowest BCUT2D eigenvalue weighted by Crippen LogP contribution is -2.47. The minimum atomic E-state index is -1.23. The van der Waals surface area contributed by atoms with Crippen molar-refractivity contribution in [3.05, 3.63) is 29.3 Å². The summed E-state index contributed by atoms with van der Waals surface area (Å²) in [5, 5.41) is 52.5. The van der Waals surface area contributed by atoms with Gasteiger partial charge in [-0.3, -0.25) is 10.6 Å². The van der Waals surface area contributed by atoms with Gasteiger partial charge in [0.05, 0.1) is 19.4 Å². The summed E-state index contributed by atoms with van der Waals surface area (Å²) in [6.07, 6.45) is 0.822. The number of aliphatic hydroxyl groups is 4. The van der Waals surface area contributed by atoms with Gasteiger partial charge in [0, 0.05) is 5.56 Å². The van der Waals surface area contributed by atoms with E-state index in [1.54, 1.807) is 12.1 Å². The molecule has 0 aliphatic rings. The summed E-state index contributed by atoms with van der Waals surface area (Å²) in [7, 11) is 0. The summed E-state index contributed by atoms with van der Waals surface area (Å²) in [4.78, 5) is 0. The lowest BCUT2D eigenvalue weighted by Gasteiger charge is -2.26. The quantitative estimate of drug-likeness (QED) is 0.224. The monoisotopic (exact) mass is 328 g/mol. The molecule has 2 atom stereocenters. The van der Waals surface area contributed by atoms with Gasteiger partial charge in [0.25, 0.3) is 0 Å². The van der Waals surface area contributed by atoms with Gasteiger partial charge in [-0.05, 0) is 30.5 Å². The molecule has 0 bridgehead atoms. The third-order valence-electron chi connectivity index (χ3n) is 3.54. The minimum absolute atomic E-state index is 0.00970. The molecule has 0 aromatic heterocycles. The van der Waals surface area contributed by atoms with Crippen LogP contribution in [0, 0.1) is 0 Å². The van der Waals surface area contributed by atoms with Gasteiger partial charge in [0.1, 0.15) is 18.2 Å². The number of aryl methyl sites for hydroxylation is 1. The molecule has 7 heteroatoms. The lowest BCUT2D eigenvalue weighted by molar-refractivity contribution is 0.0206. The molecule has 0 aliphatic heterocycles. The average Bonchev–Trinajstić information content (AvgIpc) is 2.55. The molecule has 0 saturated carbocycles. The van der Waals surface area contributed by atoms with Crippen molar-refractivity contribution in [2.24, 2.45) is 0 Å². The maximum absolute atomic E-state index is 10.1. The van der Waals surface area contributed by atoms with Gasteiger partial charge in [-0.1, -0.05) is 25.8 Å². The maximum atomic E-state index is 10.1. The highest BCUT2D eigenvalue weighted by molar-refractivity contribution is 5.38. The topological polar surface area (TPSA) is 125 Å². The van der Waals surface area contributed by atoms with Crippen LogP contribution in [0.5, 0.6) is 5.75 Å². The Labute approximate surface area is 136 Å². The Morgan fingerprint density at radius 1 is 1.00 bits per heavy atom. The van der Waals surface area contributed by atoms with E-state index in [4.69, 9.17) is 10.2 Å². The van der Waals surface area contributed by atoms with Crippen molar-refractivity contribution in [1.29, 1.82) is 0 Å². The molecule has 0 heterocycles. The molecule has 0 spiro atoms. The van der Waals surface area contributed by atoms with Gasteiger partial charge >= 0.3 is 0 Å². The number of phenolic OH excluding ortho intramolecular Hbond substituents is 1. The highest BCUT2D eigenvalue weighted by Crippen LogP contribution is 2.25. The number of unbranched alkanes of at least 4 members (excludes halogenated alkanes) is 2. The average molecular weight is 328 g/mol. The summed E-state index contributed by atoms with van der Waals surface area (Å²) < 4.78 is 0. The Balaban J connectivity index is 2.95. The van der Waals surface area contributed by atoms with Gasteiger partial charge < -0.3 is 25.5 Å². The normalized spacial score (nSPS) is 15.3. The van der Waals surface area contributed by atoms with E-state index in [2.05, 4.69) is 17.6 Å². The van der Waals surface area contributed by atoms with E-state index in [-0.39, 0.29) is 5.75 Å². The minimum Gasteiger partial charge on any atom is -0.508 e. The molecule has 7 N–H and O–H groups in total. The van der Waals surface area contributed by atoms with Gasteiger partial charge in [-0.25, -0.2) is 0 Å². The molecule has 1 rings (SSSR count). The van der Waals surface area contributed by atoms with Crippen LogP contribution in [0.2, 0.25) is 0 Å². The molecule has 2 unspecified atom stereocenters. The molecule has 0 radical (unpaired) electrons. The van der Waals surface area contributed by atoms with E-state index >= 15 is 0 Å². The predicted octanol–water partition coefficient (Wildman–Crippen LogP) is -0.0759. The molecule has 0 saturated heterocycles. The summed E-state index contributed by atoms with van der Waals surface area (Å²) in [6, 6.07) is 5.17. The zero-order valence-electron chi connectivity index (χ0n) is 13.4. The molecule has 0 amide bonds. The van der Waals surface area contributed by atoms with Crippen molar-refractivity contribution < 1.29 is 25.5 Å². The summed E-state index contributed by atoms with van der Waals surface area (Å²) in [5.74, 6) is -0.00970. The molecule has 1 aromatic rings. The van der Waals surface area contributed by atoms with Gasteiger partial charge in [0.15, 0.2) is 0 Å². The molecular weight excluding hydrogens is 300 g/mol. The first-order valence-electron chi connectivity index (χ1n) is 7.93. The number of nitrogens with one attached hydrogen (secondary N) is 2. The number of rotatable bonds is 11. The molecular formula is C16H28N2O5. The van der Waals surface area contributed by atoms with E-state index in [9.17, 15) is 15.3 Å². The fourth-order valence-corrected chi connectivity index (χ4v) is 2.29. The molecule has 7 nitrogen and oxygen atoms in total. The molecule has 23 heavy (non-hydrogen) atoms. The second-order valence-electron chi connectivity index (χ2n) is 5.51. The summed E-state index contributed by atoms with van der Waals surface area (Å²) >= 11 is 0. The van der Waals surface area contributed by atoms with Crippen LogP contribution < -0.4 is 10.6 Å². The van der Waals surface area contributed by atoms with E-state index in [0.29, 0.717) is 5.56 Å². The smallest absolute Gasteiger partial charge is 0.129 e. The van der Waals surface area contributed by atoms with Crippen LogP contribution >= 0.6 is 0 Å². The zero-order chi connectivity index (χ0) is 17.2. The fraction of sp³-hybridized carbons (Fsp3) is 0.625. The van der Waals surface area contributed by atoms with Crippen LogP contribution in [-0.2, 0) is 6.42 Å². The Hall–Kier alpha value is -1.22. The highest BCUT2D eigenvalue weighted by Gasteiger charge is 2.20. The van der Waals surface area contributed by atoms with Gasteiger partial charge in [-0.2, -0.15) is 0 Å². The summed E-state index contributed by atoms with van der Waals surface area (Å²) in [6.45, 7) is 1.08. The number of hydrogen-bond acceptors (Lipinski definition) is 7. The Bertz CT molecular complexity index is 446. The Morgan fingerprint density at radius 3 is 2.13 bits per heavy atom. The van der Waals surface area contributed by atoms with E-state index in [1.165, 1.54) is 0 Å². The number of benzene rings is 1. The molecule has 0 fully saturated rings. The predicted molar refractivity (Wildman–Crippen MR) is 86.5 cm³/mol. The van der Waals surface area contributed by atoms with Crippen molar-refractivity contribution in [3.63, 3.8) is 0 Å². The number of hydrogen-bond donors (Lipinski definition) is 7. The van der Waals surface area contributed by atoms with Crippen LogP contribution in [0.25, 0.3) is 0 Å². The van der Waals surface area contributed by atoms with Gasteiger partial charge in [0.2, 0.25) is 0 Å². The third-order valence-corrected chi connectivity index (χ3v) is 3.54. The largest absolute Gasteiger partial charge is 0.508 e. The molecule has 0 aliphatic carbocycles. The van der Waals surface area contributed by atoms with Crippen molar-refractivity contribution in [1.82, 2.24) is 10.6 Å². The highest BCUT2D eigenvalue weighted by atomic mass is 16.3. The maximum Gasteiger partial charge on any atom is 0.129 e. The lowest BCUT2D eigenvalue weighted by atomic mass is 10.0. The number of aliphatic hydroxyl groups excluding tert-OH is 4. The SMILES string of the molecule is CCCCCc1ccc(O)c(C(NC(O)CO)NC(O)CO)c1. The first-order valence-corrected chi connectivity index (χ1v) is 7.93. The van der Waals surface area contributed by atoms with Gasteiger partial charge in [-0.15, -0.1) is 0 Å². The van der Waals surface area contributed by atoms with Crippen LogP contribution in [0.3, 0.4) is 0 Å². The van der Waals surface area contributed by atoms with Crippen molar-refractivity contribution >= 4 is 0 Å². The van der Waals surface area contributed by atoms with Crippen molar-refractivity contribution in [3.8, 4) is 5.75 Å². The summed E-state index contributed by atoms with van der Waals surface area (Å²) in [5.41, 5.74) is 1.45. The van der Waals surface area contributed by atoms with Crippen LogP contribution in [0.15, 0.2) is 18.2 Å². The second kappa shape index (κ2) is 10.5. The fourth-order valence-electron chi connectivity index (χ4n) is 2.29. The second-order valence-corrected chi connectivity index (χ2v) is 5.51. The van der Waals surface area contributed by atoms with Crippen LogP contribution in [-0.4, -0.2) is 51.2 Å². The molecule has 1 aromatic carbocycles. The van der Waals surface area contributed by atoms with E-state index in [1.807, 2.05) is 6.07 Å².